The van der Waals surface area contributed by atoms with Gasteiger partial charge in [0.2, 0.25) is 0 Å². The Kier molecular flexibility index (Phi) is 6.95. The van der Waals surface area contributed by atoms with Gasteiger partial charge in [0, 0.05) is 29.8 Å². The van der Waals surface area contributed by atoms with Crippen LogP contribution in [0.25, 0.3) is 22.0 Å². The standard InChI is InChI=1S/C26H19Cl2F3N4O3/c1-34(37-2)25-13-7-8-17(29)20(14-11-16(27)23(31)21(28)22(14)30)24(13)32-12-15(25)26(36)33-35-9-10-38-19-6-4-3-5-18(19)35/h3-8,11-12H,9-10H2,1-2H3,(H,33,36). The molecule has 1 aromatic heterocycles. The normalized spacial score (nSPS) is 12.8. The van der Waals surface area contributed by atoms with E-state index in [2.05, 4.69) is 10.4 Å². The minimum atomic E-state index is -1.20. The summed E-state index contributed by atoms with van der Waals surface area (Å²) in [7, 11) is 2.93. The number of carbonyl (C=O) groups is 1. The summed E-state index contributed by atoms with van der Waals surface area (Å²) in [5, 5.41) is 1.85. The SMILES string of the molecule is CON(C)c1c(C(=O)NN2CCOc3ccccc32)cnc2c(-c3cc(Cl)c(F)c(Cl)c3F)c(F)ccc12. The van der Waals surface area contributed by atoms with Crippen LogP contribution < -0.4 is 20.2 Å². The molecule has 12 heteroatoms. The molecule has 2 heterocycles. The highest BCUT2D eigenvalue weighted by molar-refractivity contribution is 6.35. The fraction of sp³-hybridized carbons (Fsp3) is 0.154. The van der Waals surface area contributed by atoms with Crippen molar-refractivity contribution in [1.29, 1.82) is 0 Å². The van der Waals surface area contributed by atoms with Crippen molar-refractivity contribution in [3.63, 3.8) is 0 Å². The smallest absolute Gasteiger partial charge is 0.273 e. The molecule has 0 atom stereocenters. The van der Waals surface area contributed by atoms with E-state index in [-0.39, 0.29) is 33.3 Å². The number of hydroxylamine groups is 1. The highest BCUT2D eigenvalue weighted by atomic mass is 35.5. The quantitative estimate of drug-likeness (QED) is 0.178. The van der Waals surface area contributed by atoms with E-state index in [1.807, 2.05) is 12.1 Å². The molecule has 7 nitrogen and oxygen atoms in total. The molecule has 0 bridgehead atoms. The van der Waals surface area contributed by atoms with Crippen molar-refractivity contribution in [2.75, 3.05) is 37.4 Å². The molecule has 0 aliphatic carbocycles. The first-order chi connectivity index (χ1) is 18.2. The van der Waals surface area contributed by atoms with Crippen LogP contribution in [0.4, 0.5) is 24.5 Å². The number of hydrogen-bond donors (Lipinski definition) is 1. The molecule has 0 radical (unpaired) electrons. The second-order valence-electron chi connectivity index (χ2n) is 8.28. The number of aromatic nitrogens is 1. The Labute approximate surface area is 225 Å². The molecule has 0 fully saturated rings. The molecule has 4 aromatic rings. The zero-order valence-electron chi connectivity index (χ0n) is 20.0. The molecule has 0 saturated heterocycles. The molecule has 1 aliphatic rings. The van der Waals surface area contributed by atoms with Crippen LogP contribution in [0.3, 0.4) is 0 Å². The Morgan fingerprint density at radius 3 is 2.68 bits per heavy atom. The summed E-state index contributed by atoms with van der Waals surface area (Å²) in [5.74, 6) is -3.12. The first kappa shape index (κ1) is 25.9. The number of nitrogens with one attached hydrogen (secondary N) is 1. The largest absolute Gasteiger partial charge is 0.489 e. The average molecular weight is 563 g/mol. The molecular formula is C26H19Cl2F3N4O3. The molecule has 1 amide bonds. The number of pyridine rings is 1. The maximum Gasteiger partial charge on any atom is 0.273 e. The first-order valence-corrected chi connectivity index (χ1v) is 12.0. The summed E-state index contributed by atoms with van der Waals surface area (Å²) < 4.78 is 49.8. The van der Waals surface area contributed by atoms with E-state index in [1.165, 1.54) is 24.4 Å². The van der Waals surface area contributed by atoms with Crippen molar-refractivity contribution in [3.8, 4) is 16.9 Å². The minimum absolute atomic E-state index is 0.0187. The van der Waals surface area contributed by atoms with Gasteiger partial charge in [0.15, 0.2) is 11.6 Å². The third-order valence-electron chi connectivity index (χ3n) is 6.13. The predicted molar refractivity (Wildman–Crippen MR) is 139 cm³/mol. The molecule has 0 spiro atoms. The lowest BCUT2D eigenvalue weighted by Gasteiger charge is -2.31. The molecule has 5 rings (SSSR count). The number of para-hydroxylation sites is 2. The molecule has 196 valence electrons. The summed E-state index contributed by atoms with van der Waals surface area (Å²) in [5.41, 5.74) is 3.14. The third-order valence-corrected chi connectivity index (χ3v) is 6.74. The van der Waals surface area contributed by atoms with Crippen molar-refractivity contribution >= 4 is 51.4 Å². The maximum absolute atomic E-state index is 15.1. The number of halogens is 5. The van der Waals surface area contributed by atoms with E-state index in [0.29, 0.717) is 24.6 Å². The molecule has 38 heavy (non-hydrogen) atoms. The van der Waals surface area contributed by atoms with Crippen LogP contribution in [0, 0.1) is 17.5 Å². The second-order valence-corrected chi connectivity index (χ2v) is 9.06. The van der Waals surface area contributed by atoms with Crippen LogP contribution >= 0.6 is 23.2 Å². The summed E-state index contributed by atoms with van der Waals surface area (Å²) in [4.78, 5) is 23.2. The van der Waals surface area contributed by atoms with Gasteiger partial charge in [-0.1, -0.05) is 35.3 Å². The monoisotopic (exact) mass is 562 g/mol. The summed E-state index contributed by atoms with van der Waals surface area (Å²) in [6, 6.07) is 10.6. The topological polar surface area (TPSA) is 66.9 Å². The van der Waals surface area contributed by atoms with E-state index in [4.69, 9.17) is 32.8 Å². The van der Waals surface area contributed by atoms with Gasteiger partial charge >= 0.3 is 0 Å². The Morgan fingerprint density at radius 2 is 1.92 bits per heavy atom. The lowest BCUT2D eigenvalue weighted by Crippen LogP contribution is -2.47. The van der Waals surface area contributed by atoms with Gasteiger partial charge in [-0.15, -0.1) is 0 Å². The molecule has 1 aliphatic heterocycles. The van der Waals surface area contributed by atoms with E-state index in [9.17, 15) is 9.18 Å². The molecule has 0 saturated carbocycles. The number of nitrogens with zero attached hydrogens (tertiary/aromatic N) is 3. The van der Waals surface area contributed by atoms with Crippen molar-refractivity contribution in [2.45, 2.75) is 0 Å². The zero-order valence-corrected chi connectivity index (χ0v) is 21.5. The number of fused-ring (bicyclic) bond motifs is 2. The van der Waals surface area contributed by atoms with Gasteiger partial charge in [-0.2, -0.15) is 0 Å². The van der Waals surface area contributed by atoms with Crippen LogP contribution in [0.2, 0.25) is 10.0 Å². The third kappa shape index (κ3) is 4.34. The van der Waals surface area contributed by atoms with Gasteiger partial charge in [0.1, 0.15) is 23.2 Å². The minimum Gasteiger partial charge on any atom is -0.489 e. The van der Waals surface area contributed by atoms with E-state index in [1.54, 1.807) is 24.2 Å². The molecule has 0 unspecified atom stereocenters. The van der Waals surface area contributed by atoms with Gasteiger partial charge in [-0.05, 0) is 30.3 Å². The number of ether oxygens (including phenoxy) is 1. The Morgan fingerprint density at radius 1 is 1.16 bits per heavy atom. The lowest BCUT2D eigenvalue weighted by molar-refractivity contribution is 0.0942. The number of rotatable bonds is 5. The zero-order chi connectivity index (χ0) is 27.1. The maximum atomic E-state index is 15.1. The first-order valence-electron chi connectivity index (χ1n) is 11.3. The predicted octanol–water partition coefficient (Wildman–Crippen LogP) is 6.17. The van der Waals surface area contributed by atoms with Gasteiger partial charge in [-0.25, -0.2) is 13.2 Å². The van der Waals surface area contributed by atoms with Crippen molar-refractivity contribution < 1.29 is 27.5 Å². The van der Waals surface area contributed by atoms with Crippen LogP contribution in [0.1, 0.15) is 10.4 Å². The average Bonchev–Trinajstić information content (AvgIpc) is 2.93. The van der Waals surface area contributed by atoms with Gasteiger partial charge in [0.05, 0.1) is 41.1 Å². The van der Waals surface area contributed by atoms with Gasteiger partial charge in [-0.3, -0.25) is 30.1 Å². The lowest BCUT2D eigenvalue weighted by atomic mass is 9.98. The molecule has 3 aromatic carbocycles. The van der Waals surface area contributed by atoms with E-state index < -0.39 is 33.4 Å². The summed E-state index contributed by atoms with van der Waals surface area (Å²) >= 11 is 11.6. The van der Waals surface area contributed by atoms with Crippen molar-refractivity contribution in [2.24, 2.45) is 0 Å². The van der Waals surface area contributed by atoms with E-state index >= 15 is 8.78 Å². The summed E-state index contributed by atoms with van der Waals surface area (Å²) in [6.07, 6.45) is 1.22. The number of benzene rings is 3. The Bertz CT molecular complexity index is 1590. The molecular weight excluding hydrogens is 544 g/mol. The number of hydrogen-bond acceptors (Lipinski definition) is 6. The van der Waals surface area contributed by atoms with Crippen LogP contribution in [0.5, 0.6) is 5.75 Å². The van der Waals surface area contributed by atoms with E-state index in [0.717, 1.165) is 12.1 Å². The summed E-state index contributed by atoms with van der Waals surface area (Å²) in [6.45, 7) is 0.745. The number of amides is 1. The van der Waals surface area contributed by atoms with Gasteiger partial charge < -0.3 is 4.74 Å². The Balaban J connectivity index is 1.66. The number of anilines is 2. The highest BCUT2D eigenvalue weighted by Gasteiger charge is 2.27. The number of carbonyl (C=O) groups excluding carboxylic acids is 1. The van der Waals surface area contributed by atoms with Crippen molar-refractivity contribution in [1.82, 2.24) is 10.4 Å². The fourth-order valence-electron chi connectivity index (χ4n) is 4.30. The van der Waals surface area contributed by atoms with Crippen LogP contribution in [-0.4, -0.2) is 38.2 Å². The van der Waals surface area contributed by atoms with Crippen LogP contribution in [0.15, 0.2) is 48.7 Å². The highest BCUT2D eigenvalue weighted by Crippen LogP contribution is 2.41. The van der Waals surface area contributed by atoms with Gasteiger partial charge in [0.25, 0.3) is 5.91 Å². The second kappa shape index (κ2) is 10.2. The number of hydrazine groups is 1. The Hall–Kier alpha value is -3.73. The van der Waals surface area contributed by atoms with Crippen molar-refractivity contribution in [3.05, 3.63) is 81.7 Å². The van der Waals surface area contributed by atoms with Crippen LogP contribution in [-0.2, 0) is 4.84 Å². The fourth-order valence-corrected chi connectivity index (χ4v) is 4.76. The molecule has 1 N–H and O–H groups in total.